The predicted octanol–water partition coefficient (Wildman–Crippen LogP) is 4.93. The van der Waals surface area contributed by atoms with Crippen molar-refractivity contribution < 1.29 is 4.79 Å². The summed E-state index contributed by atoms with van der Waals surface area (Å²) in [6.45, 7) is 7.29. The van der Waals surface area contributed by atoms with Gasteiger partial charge >= 0.3 is 0 Å². The van der Waals surface area contributed by atoms with Crippen LogP contribution in [0.5, 0.6) is 0 Å². The number of carbonyl (C=O) groups excluding carboxylic acids is 1. The van der Waals surface area contributed by atoms with Crippen molar-refractivity contribution in [2.45, 2.75) is 45.6 Å². The van der Waals surface area contributed by atoms with Crippen LogP contribution in [-0.4, -0.2) is 5.91 Å². The van der Waals surface area contributed by atoms with Crippen LogP contribution in [0.25, 0.3) is 0 Å². The number of nitrogens with zero attached hydrogens (tertiary/aromatic N) is 1. The number of benzene rings is 2. The zero-order chi connectivity index (χ0) is 16.4. The molecule has 0 aromatic heterocycles. The summed E-state index contributed by atoms with van der Waals surface area (Å²) in [5.74, 6) is 0.486. The Balaban J connectivity index is 1.82. The molecule has 2 aromatic carbocycles. The maximum absolute atomic E-state index is 12.7. The summed E-state index contributed by atoms with van der Waals surface area (Å²) in [6, 6.07) is 18.7. The molecule has 0 heterocycles. The van der Waals surface area contributed by atoms with Gasteiger partial charge in [-0.05, 0) is 41.5 Å². The van der Waals surface area contributed by atoms with Gasteiger partial charge in [-0.15, -0.1) is 0 Å². The first-order valence-electron chi connectivity index (χ1n) is 8.41. The van der Waals surface area contributed by atoms with Crippen LogP contribution in [0.2, 0.25) is 0 Å². The van der Waals surface area contributed by atoms with Gasteiger partial charge in [-0.25, -0.2) is 0 Å². The van der Waals surface area contributed by atoms with Gasteiger partial charge in [0.05, 0.1) is 6.54 Å². The molecule has 23 heavy (non-hydrogen) atoms. The fourth-order valence-electron chi connectivity index (χ4n) is 2.75. The first-order chi connectivity index (χ1) is 10.9. The fraction of sp³-hybridized carbons (Fsp3) is 0.381. The number of anilines is 1. The molecule has 1 saturated carbocycles. The summed E-state index contributed by atoms with van der Waals surface area (Å²) in [6.07, 6.45) is 2.07. The molecule has 0 radical (unpaired) electrons. The van der Waals surface area contributed by atoms with E-state index in [2.05, 4.69) is 45.0 Å². The van der Waals surface area contributed by atoms with Gasteiger partial charge in [0.15, 0.2) is 0 Å². The molecule has 3 rings (SSSR count). The molecular weight excluding hydrogens is 282 g/mol. The maximum Gasteiger partial charge on any atom is 0.230 e. The maximum atomic E-state index is 12.7. The summed E-state index contributed by atoms with van der Waals surface area (Å²) < 4.78 is 0. The minimum atomic E-state index is 0.154. The van der Waals surface area contributed by atoms with E-state index in [0.29, 0.717) is 6.54 Å². The molecule has 0 spiro atoms. The lowest BCUT2D eigenvalue weighted by Gasteiger charge is -2.24. The lowest BCUT2D eigenvalue weighted by molar-refractivity contribution is -0.119. The third-order valence-electron chi connectivity index (χ3n) is 4.42. The van der Waals surface area contributed by atoms with E-state index in [4.69, 9.17) is 0 Å². The number of para-hydroxylation sites is 1. The van der Waals surface area contributed by atoms with Gasteiger partial charge in [0.25, 0.3) is 0 Å². The lowest BCUT2D eigenvalue weighted by atomic mass is 9.87. The summed E-state index contributed by atoms with van der Waals surface area (Å²) in [7, 11) is 0. The number of carbonyl (C=O) groups is 1. The Bertz CT molecular complexity index is 663. The SMILES string of the molecule is CC(C)(C)c1ccc(CN(C(=O)C2CC2)c2ccccc2)cc1. The average molecular weight is 307 g/mol. The third kappa shape index (κ3) is 3.82. The Morgan fingerprint density at radius 3 is 2.13 bits per heavy atom. The van der Waals surface area contributed by atoms with Crippen molar-refractivity contribution in [2.24, 2.45) is 5.92 Å². The Hall–Kier alpha value is -2.09. The number of rotatable bonds is 4. The van der Waals surface area contributed by atoms with Crippen molar-refractivity contribution in [2.75, 3.05) is 4.90 Å². The van der Waals surface area contributed by atoms with Gasteiger partial charge in [-0.1, -0.05) is 63.2 Å². The molecule has 2 nitrogen and oxygen atoms in total. The molecule has 0 unspecified atom stereocenters. The third-order valence-corrected chi connectivity index (χ3v) is 4.42. The molecule has 2 heteroatoms. The van der Waals surface area contributed by atoms with Gasteiger partial charge in [-0.3, -0.25) is 4.79 Å². The topological polar surface area (TPSA) is 20.3 Å². The van der Waals surface area contributed by atoms with Gasteiger partial charge in [0.2, 0.25) is 5.91 Å². The minimum Gasteiger partial charge on any atom is -0.308 e. The standard InChI is InChI=1S/C21H25NO/c1-21(2,3)18-13-9-16(10-14-18)15-22(20(23)17-11-12-17)19-7-5-4-6-8-19/h4-10,13-14,17H,11-12,15H2,1-3H3. The Morgan fingerprint density at radius 2 is 1.61 bits per heavy atom. The highest BCUT2D eigenvalue weighted by Gasteiger charge is 2.34. The van der Waals surface area contributed by atoms with Crippen LogP contribution >= 0.6 is 0 Å². The van der Waals surface area contributed by atoms with Crippen LogP contribution < -0.4 is 4.90 Å². The normalized spacial score (nSPS) is 14.6. The van der Waals surface area contributed by atoms with Crippen molar-refractivity contribution in [1.29, 1.82) is 0 Å². The molecule has 0 bridgehead atoms. The number of hydrogen-bond acceptors (Lipinski definition) is 1. The zero-order valence-corrected chi connectivity index (χ0v) is 14.3. The lowest BCUT2D eigenvalue weighted by Crippen LogP contribution is -2.31. The smallest absolute Gasteiger partial charge is 0.230 e. The van der Waals surface area contributed by atoms with E-state index in [-0.39, 0.29) is 17.2 Å². The molecule has 1 aliphatic carbocycles. The van der Waals surface area contributed by atoms with Gasteiger partial charge in [0.1, 0.15) is 0 Å². The molecule has 1 fully saturated rings. The summed E-state index contributed by atoms with van der Waals surface area (Å²) in [4.78, 5) is 14.6. The average Bonchev–Trinajstić information content (AvgIpc) is 3.37. The first-order valence-corrected chi connectivity index (χ1v) is 8.41. The summed E-state index contributed by atoms with van der Waals surface area (Å²) in [5, 5.41) is 0. The molecule has 2 aromatic rings. The van der Waals surface area contributed by atoms with Gasteiger partial charge in [0, 0.05) is 11.6 Å². The van der Waals surface area contributed by atoms with Crippen molar-refractivity contribution >= 4 is 11.6 Å². The van der Waals surface area contributed by atoms with Gasteiger partial charge in [-0.2, -0.15) is 0 Å². The largest absolute Gasteiger partial charge is 0.308 e. The highest BCUT2D eigenvalue weighted by atomic mass is 16.2. The minimum absolute atomic E-state index is 0.154. The van der Waals surface area contributed by atoms with E-state index in [1.165, 1.54) is 11.1 Å². The van der Waals surface area contributed by atoms with Crippen molar-refractivity contribution in [1.82, 2.24) is 0 Å². The molecule has 120 valence electrons. The second kappa shape index (κ2) is 6.19. The van der Waals surface area contributed by atoms with E-state index in [0.717, 1.165) is 18.5 Å². The Labute approximate surface area is 139 Å². The van der Waals surface area contributed by atoms with E-state index in [9.17, 15) is 4.79 Å². The van der Waals surface area contributed by atoms with Crippen LogP contribution in [0, 0.1) is 5.92 Å². The molecule has 0 aliphatic heterocycles. The van der Waals surface area contributed by atoms with Crippen molar-refractivity contribution in [3.05, 3.63) is 65.7 Å². The van der Waals surface area contributed by atoms with Crippen molar-refractivity contribution in [3.63, 3.8) is 0 Å². The highest BCUT2D eigenvalue weighted by molar-refractivity contribution is 5.96. The highest BCUT2D eigenvalue weighted by Crippen LogP contribution is 2.33. The van der Waals surface area contributed by atoms with Crippen LogP contribution in [0.15, 0.2) is 54.6 Å². The predicted molar refractivity (Wildman–Crippen MR) is 95.5 cm³/mol. The molecule has 1 amide bonds. The second-order valence-corrected chi connectivity index (χ2v) is 7.48. The van der Waals surface area contributed by atoms with Crippen LogP contribution in [-0.2, 0) is 16.8 Å². The van der Waals surface area contributed by atoms with Crippen LogP contribution in [0.4, 0.5) is 5.69 Å². The van der Waals surface area contributed by atoms with Crippen molar-refractivity contribution in [3.8, 4) is 0 Å². The Kier molecular flexibility index (Phi) is 4.25. The van der Waals surface area contributed by atoms with Gasteiger partial charge < -0.3 is 4.90 Å². The molecule has 1 aliphatic rings. The molecule has 0 N–H and O–H groups in total. The van der Waals surface area contributed by atoms with E-state index >= 15 is 0 Å². The summed E-state index contributed by atoms with van der Waals surface area (Å²) in [5.41, 5.74) is 3.64. The number of amides is 1. The molecule has 0 saturated heterocycles. The van der Waals surface area contributed by atoms with Crippen LogP contribution in [0.1, 0.15) is 44.7 Å². The monoisotopic (exact) mass is 307 g/mol. The Morgan fingerprint density at radius 1 is 1.00 bits per heavy atom. The summed E-state index contributed by atoms with van der Waals surface area (Å²) >= 11 is 0. The first kappa shape index (κ1) is 15.8. The van der Waals surface area contributed by atoms with E-state index in [1.807, 2.05) is 35.2 Å². The number of hydrogen-bond donors (Lipinski definition) is 0. The molecule has 0 atom stereocenters. The van der Waals surface area contributed by atoms with Crippen LogP contribution in [0.3, 0.4) is 0 Å². The molecular formula is C21H25NO. The van der Waals surface area contributed by atoms with E-state index in [1.54, 1.807) is 0 Å². The fourth-order valence-corrected chi connectivity index (χ4v) is 2.75. The second-order valence-electron chi connectivity index (χ2n) is 7.48. The zero-order valence-electron chi connectivity index (χ0n) is 14.3. The quantitative estimate of drug-likeness (QED) is 0.784. The van der Waals surface area contributed by atoms with E-state index < -0.39 is 0 Å².